The summed E-state index contributed by atoms with van der Waals surface area (Å²) in [4.78, 5) is 39.4. The molecule has 0 bridgehead atoms. The molecule has 1 saturated heterocycles. The summed E-state index contributed by atoms with van der Waals surface area (Å²) in [6.45, 7) is 6.61. The Hall–Kier alpha value is -4.05. The minimum atomic E-state index is -3.47. The first-order valence-corrected chi connectivity index (χ1v) is 17.8. The molecule has 3 heterocycles. The van der Waals surface area contributed by atoms with Crippen molar-refractivity contribution < 1.29 is 33.6 Å². The molecule has 240 valence electrons. The second-order valence-corrected chi connectivity index (χ2v) is 16.0. The number of nitro groups is 1. The van der Waals surface area contributed by atoms with E-state index in [4.69, 9.17) is 4.74 Å². The van der Waals surface area contributed by atoms with Gasteiger partial charge in [-0.2, -0.15) is 0 Å². The van der Waals surface area contributed by atoms with Gasteiger partial charge in [0.2, 0.25) is 8.41 Å². The number of anilines is 2. The van der Waals surface area contributed by atoms with Crippen molar-refractivity contribution in [3.63, 3.8) is 0 Å². The lowest BCUT2D eigenvalue weighted by Gasteiger charge is -2.31. The first-order chi connectivity index (χ1) is 21.3. The normalized spacial score (nSPS) is 23.4. The largest absolute Gasteiger partial charge is 0.396 e. The predicted octanol–water partition coefficient (Wildman–Crippen LogP) is 3.45. The van der Waals surface area contributed by atoms with E-state index < -0.39 is 54.4 Å². The van der Waals surface area contributed by atoms with Crippen molar-refractivity contribution in [3.05, 3.63) is 75.6 Å². The molecule has 0 saturated carbocycles. The summed E-state index contributed by atoms with van der Waals surface area (Å²) >= 11 is 0. The average Bonchev–Trinajstić information content (AvgIpc) is 3.62. The second-order valence-electron chi connectivity index (χ2n) is 12.2. The van der Waals surface area contributed by atoms with E-state index in [0.29, 0.717) is 47.6 Å². The molecule has 15 heteroatoms. The maximum Gasteiger partial charge on any atom is 0.269 e. The van der Waals surface area contributed by atoms with Gasteiger partial charge in [0, 0.05) is 60.6 Å². The Morgan fingerprint density at radius 1 is 1.29 bits per heavy atom. The van der Waals surface area contributed by atoms with Gasteiger partial charge in [-0.05, 0) is 50.2 Å². The van der Waals surface area contributed by atoms with Gasteiger partial charge in [0.25, 0.3) is 17.5 Å². The van der Waals surface area contributed by atoms with Crippen LogP contribution in [0.4, 0.5) is 21.2 Å². The molecule has 2 aliphatic heterocycles. The van der Waals surface area contributed by atoms with Crippen LogP contribution in [-0.2, 0) is 39.4 Å². The lowest BCUT2D eigenvalue weighted by atomic mass is 9.82. The average molecular weight is 641 g/mol. The van der Waals surface area contributed by atoms with Crippen molar-refractivity contribution in [1.29, 1.82) is 0 Å². The van der Waals surface area contributed by atoms with Crippen LogP contribution in [-0.4, -0.2) is 69.2 Å². The van der Waals surface area contributed by atoms with Crippen LogP contribution in [0.1, 0.15) is 37.1 Å². The highest BCUT2D eigenvalue weighted by Crippen LogP contribution is 2.60. The number of ether oxygens (including phenoxy) is 1. The van der Waals surface area contributed by atoms with Crippen molar-refractivity contribution >= 4 is 37.3 Å². The lowest BCUT2D eigenvalue weighted by molar-refractivity contribution is -0.385. The number of aryl methyl sites for hydroxylation is 1. The Morgan fingerprint density at radius 3 is 2.71 bits per heavy atom. The first-order valence-electron chi connectivity index (χ1n) is 14.8. The number of aliphatic hydroxyl groups excluding tert-OH is 2. The van der Waals surface area contributed by atoms with Gasteiger partial charge in [-0.1, -0.05) is 24.3 Å². The van der Waals surface area contributed by atoms with Crippen molar-refractivity contribution in [2.45, 2.75) is 76.2 Å². The lowest BCUT2D eigenvalue weighted by Crippen LogP contribution is -2.45. The fourth-order valence-corrected chi connectivity index (χ4v) is 9.23. The number of rotatable bonds is 11. The standard InChI is InChI=1S/C30H37FN6O7Si/c1-18-27(45(3,4)31)26(10-12-35-17-22(11-13-38)33-34-35)44-30(18)24-15-23(37(42)43)8-9-25(24)36(29(30)41)16-20-6-5-7-21(14-20)32-28(40)19(2)39/h5-9,14-15,17-19,26-27,38-39H,10-13,16H2,1-4H3,(H,32,40)/t18-,19-,26+,27-,30+/m0/s1. The SMILES string of the molecule is C[C@H](O)C(=O)Nc1cccc(CN2C(=O)[C@]3(O[C@H](CCn4cc(CCO)nn4)[C@@H]([Si](C)(C)F)[C@@H]3C)c3cc([N+](=O)[O-])ccc32)c1. The Morgan fingerprint density at radius 2 is 2.04 bits per heavy atom. The number of fused-ring (bicyclic) bond motifs is 2. The quantitative estimate of drug-likeness (QED) is 0.123. The molecule has 2 amide bonds. The number of nitro benzene ring substituents is 1. The molecular weight excluding hydrogens is 603 g/mol. The van der Waals surface area contributed by atoms with Gasteiger partial charge in [0.1, 0.15) is 6.10 Å². The van der Waals surface area contributed by atoms with Crippen LogP contribution in [0, 0.1) is 16.0 Å². The zero-order chi connectivity index (χ0) is 32.7. The first kappa shape index (κ1) is 32.3. The highest BCUT2D eigenvalue weighted by molar-refractivity contribution is 6.72. The molecule has 1 aromatic heterocycles. The van der Waals surface area contributed by atoms with Gasteiger partial charge in [-0.25, -0.2) is 0 Å². The number of aliphatic hydroxyl groups is 2. The van der Waals surface area contributed by atoms with Crippen molar-refractivity contribution in [2.24, 2.45) is 5.92 Å². The Bertz CT molecular complexity index is 1610. The third-order valence-corrected chi connectivity index (χ3v) is 11.1. The van der Waals surface area contributed by atoms with Gasteiger partial charge in [0.05, 0.1) is 29.0 Å². The zero-order valence-electron chi connectivity index (χ0n) is 25.5. The molecule has 13 nitrogen and oxygen atoms in total. The number of hydrogen-bond acceptors (Lipinski definition) is 9. The number of halogens is 1. The molecule has 5 atom stereocenters. The maximum absolute atomic E-state index is 16.1. The van der Waals surface area contributed by atoms with Gasteiger partial charge in [-0.15, -0.1) is 5.10 Å². The zero-order valence-corrected chi connectivity index (χ0v) is 26.5. The van der Waals surface area contributed by atoms with Crippen LogP contribution in [0.2, 0.25) is 18.6 Å². The van der Waals surface area contributed by atoms with Gasteiger partial charge >= 0.3 is 0 Å². The number of carbonyl (C=O) groups is 2. The number of aromatic nitrogens is 3. The fourth-order valence-electron chi connectivity index (χ4n) is 6.69. The molecule has 0 aliphatic carbocycles. The Labute approximate surface area is 260 Å². The van der Waals surface area contributed by atoms with E-state index in [1.807, 2.05) is 0 Å². The number of amides is 2. The van der Waals surface area contributed by atoms with Crippen molar-refractivity contribution in [1.82, 2.24) is 15.0 Å². The molecule has 3 aromatic rings. The van der Waals surface area contributed by atoms with Crippen LogP contribution in [0.25, 0.3) is 0 Å². The highest BCUT2D eigenvalue weighted by atomic mass is 28.4. The number of benzene rings is 2. The molecule has 1 spiro atoms. The van der Waals surface area contributed by atoms with E-state index in [2.05, 4.69) is 15.6 Å². The summed E-state index contributed by atoms with van der Waals surface area (Å²) in [6.07, 6.45) is 0.474. The van der Waals surface area contributed by atoms with Crippen LogP contribution < -0.4 is 10.2 Å². The monoisotopic (exact) mass is 640 g/mol. The summed E-state index contributed by atoms with van der Waals surface area (Å²) in [5, 5.41) is 41.4. The molecule has 0 unspecified atom stereocenters. The fraction of sp³-hybridized carbons (Fsp3) is 0.467. The van der Waals surface area contributed by atoms with Crippen molar-refractivity contribution in [3.8, 4) is 0 Å². The van der Waals surface area contributed by atoms with Crippen LogP contribution in [0.5, 0.6) is 0 Å². The molecule has 3 N–H and O–H groups in total. The number of carbonyl (C=O) groups excluding carboxylic acids is 2. The molecule has 45 heavy (non-hydrogen) atoms. The molecular formula is C30H37FN6O7Si. The van der Waals surface area contributed by atoms with E-state index >= 15 is 4.11 Å². The third-order valence-electron chi connectivity index (χ3n) is 8.67. The van der Waals surface area contributed by atoms with Crippen molar-refractivity contribution in [2.75, 3.05) is 16.8 Å². The summed E-state index contributed by atoms with van der Waals surface area (Å²) in [5.41, 5.74) is -0.0427. The van der Waals surface area contributed by atoms with E-state index in [9.17, 15) is 29.9 Å². The molecule has 0 radical (unpaired) electrons. The van der Waals surface area contributed by atoms with E-state index in [1.54, 1.807) is 55.2 Å². The Kier molecular flexibility index (Phi) is 8.90. The topological polar surface area (TPSA) is 173 Å². The Balaban J connectivity index is 1.51. The smallest absolute Gasteiger partial charge is 0.269 e. The van der Waals surface area contributed by atoms with Crippen LogP contribution >= 0.6 is 0 Å². The van der Waals surface area contributed by atoms with Gasteiger partial charge in [-0.3, -0.25) is 24.4 Å². The van der Waals surface area contributed by atoms with E-state index in [0.717, 1.165) is 0 Å². The number of nitrogens with one attached hydrogen (secondary N) is 1. The number of hydrogen-bond donors (Lipinski definition) is 3. The summed E-state index contributed by atoms with van der Waals surface area (Å²) in [6, 6.07) is 11.0. The molecule has 5 rings (SSSR count). The molecule has 2 aromatic carbocycles. The highest BCUT2D eigenvalue weighted by Gasteiger charge is 2.66. The van der Waals surface area contributed by atoms with E-state index in [-0.39, 0.29) is 18.8 Å². The molecule has 2 aliphatic rings. The van der Waals surface area contributed by atoms with Crippen LogP contribution in [0.15, 0.2) is 48.7 Å². The number of non-ortho nitro benzene ring substituents is 1. The second kappa shape index (κ2) is 12.4. The van der Waals surface area contributed by atoms with Gasteiger partial charge < -0.3 is 29.3 Å². The summed E-state index contributed by atoms with van der Waals surface area (Å²) in [5.74, 6) is -1.68. The summed E-state index contributed by atoms with van der Waals surface area (Å²) in [7, 11) is -3.47. The minimum absolute atomic E-state index is 0.0538. The number of nitrogens with zero attached hydrogens (tertiary/aromatic N) is 5. The third kappa shape index (κ3) is 6.12. The predicted molar refractivity (Wildman–Crippen MR) is 165 cm³/mol. The van der Waals surface area contributed by atoms with Gasteiger partial charge in [0.15, 0.2) is 5.60 Å². The summed E-state index contributed by atoms with van der Waals surface area (Å²) < 4.78 is 24.4. The van der Waals surface area contributed by atoms with E-state index in [1.165, 1.54) is 30.0 Å². The minimum Gasteiger partial charge on any atom is -0.396 e. The van der Waals surface area contributed by atoms with Crippen LogP contribution in [0.3, 0.4) is 0 Å². The maximum atomic E-state index is 16.1. The molecule has 1 fully saturated rings.